The number of amides is 1. The lowest BCUT2D eigenvalue weighted by atomic mass is 10.2. The molecule has 1 aromatic carbocycles. The summed E-state index contributed by atoms with van der Waals surface area (Å²) in [6.45, 7) is -1.89. The molecule has 0 unspecified atom stereocenters. The first kappa shape index (κ1) is 20.4. The number of ether oxygens (including phenoxy) is 2. The zero-order chi connectivity index (χ0) is 20.8. The van der Waals surface area contributed by atoms with E-state index in [1.54, 1.807) is 6.92 Å². The van der Waals surface area contributed by atoms with Gasteiger partial charge in [-0.3, -0.25) is 9.59 Å². The first-order valence-electron chi connectivity index (χ1n) is 8.32. The van der Waals surface area contributed by atoms with E-state index in [1.165, 1.54) is 29.5 Å². The predicted molar refractivity (Wildman–Crippen MR) is 97.5 cm³/mol. The van der Waals surface area contributed by atoms with Crippen LogP contribution in [0.1, 0.15) is 29.3 Å². The first-order valence-corrected chi connectivity index (χ1v) is 9.20. The maximum absolute atomic E-state index is 12.2. The molecule has 1 amide bonds. The summed E-state index contributed by atoms with van der Waals surface area (Å²) in [5.41, 5.74) is 0.0569. The molecule has 1 N–H and O–H groups in total. The van der Waals surface area contributed by atoms with Gasteiger partial charge in [0.1, 0.15) is 12.3 Å². The molecule has 11 heteroatoms. The van der Waals surface area contributed by atoms with Crippen LogP contribution < -0.4 is 10.1 Å². The third kappa shape index (κ3) is 5.57. The number of nitrogens with one attached hydrogen (secondary N) is 1. The van der Waals surface area contributed by atoms with E-state index in [9.17, 15) is 18.4 Å². The molecule has 29 heavy (non-hydrogen) atoms. The quantitative estimate of drug-likeness (QED) is 0.554. The number of esters is 1. The number of benzene rings is 1. The van der Waals surface area contributed by atoms with E-state index in [4.69, 9.17) is 9.15 Å². The lowest BCUT2D eigenvalue weighted by Gasteiger charge is -2.10. The van der Waals surface area contributed by atoms with Crippen LogP contribution in [0.2, 0.25) is 0 Å². The summed E-state index contributed by atoms with van der Waals surface area (Å²) in [4.78, 5) is 24.8. The van der Waals surface area contributed by atoms with Gasteiger partial charge in [-0.2, -0.15) is 8.78 Å². The van der Waals surface area contributed by atoms with Crippen LogP contribution in [0, 0.1) is 0 Å². The minimum absolute atomic E-state index is 0.0569. The topological polar surface area (TPSA) is 104 Å². The van der Waals surface area contributed by atoms with Gasteiger partial charge in [-0.25, -0.2) is 0 Å². The van der Waals surface area contributed by atoms with Gasteiger partial charge in [-0.1, -0.05) is 12.1 Å². The van der Waals surface area contributed by atoms with Crippen molar-refractivity contribution in [2.45, 2.75) is 19.6 Å². The molecule has 0 aliphatic heterocycles. The van der Waals surface area contributed by atoms with Crippen LogP contribution >= 0.6 is 11.3 Å². The highest BCUT2D eigenvalue weighted by Gasteiger charge is 2.20. The predicted octanol–water partition coefficient (Wildman–Crippen LogP) is 3.43. The zero-order valence-electron chi connectivity index (χ0n) is 15.0. The van der Waals surface area contributed by atoms with Gasteiger partial charge in [0.15, 0.2) is 6.10 Å². The van der Waals surface area contributed by atoms with Crippen molar-refractivity contribution in [3.8, 4) is 16.5 Å². The summed E-state index contributed by atoms with van der Waals surface area (Å²) in [6, 6.07) is 8.86. The molecule has 1 atom stereocenters. The maximum atomic E-state index is 12.2. The highest BCUT2D eigenvalue weighted by molar-refractivity contribution is 7.13. The van der Waals surface area contributed by atoms with Crippen molar-refractivity contribution in [3.63, 3.8) is 0 Å². The molecule has 2 aromatic heterocycles. The number of alkyl halides is 2. The van der Waals surface area contributed by atoms with Crippen molar-refractivity contribution in [1.29, 1.82) is 0 Å². The second kappa shape index (κ2) is 9.24. The van der Waals surface area contributed by atoms with Gasteiger partial charge in [0.05, 0.1) is 4.88 Å². The SMILES string of the molecule is C[C@H](OC(=O)CNC(=O)c1cccc(OC(F)F)c1)c1nnc(-c2cccs2)o1. The molecule has 152 valence electrons. The van der Waals surface area contributed by atoms with Crippen molar-refractivity contribution >= 4 is 23.2 Å². The lowest BCUT2D eigenvalue weighted by molar-refractivity contribution is -0.148. The Balaban J connectivity index is 1.51. The molecule has 0 spiro atoms. The average molecular weight is 423 g/mol. The Morgan fingerprint density at radius 2 is 2.07 bits per heavy atom. The largest absolute Gasteiger partial charge is 0.451 e. The molecular formula is C18H15F2N3O5S. The molecular weight excluding hydrogens is 408 g/mol. The van der Waals surface area contributed by atoms with E-state index in [1.807, 2.05) is 17.5 Å². The van der Waals surface area contributed by atoms with E-state index in [0.29, 0.717) is 5.89 Å². The smallest absolute Gasteiger partial charge is 0.387 e. The normalized spacial score (nSPS) is 11.9. The average Bonchev–Trinajstić information content (AvgIpc) is 3.37. The fourth-order valence-corrected chi connectivity index (χ4v) is 2.90. The van der Waals surface area contributed by atoms with Gasteiger partial charge in [-0.05, 0) is 36.6 Å². The van der Waals surface area contributed by atoms with Crippen LogP contribution in [-0.4, -0.2) is 35.2 Å². The van der Waals surface area contributed by atoms with Crippen molar-refractivity contribution in [3.05, 3.63) is 53.2 Å². The molecule has 3 rings (SSSR count). The lowest BCUT2D eigenvalue weighted by Crippen LogP contribution is -2.31. The number of nitrogens with zero attached hydrogens (tertiary/aromatic N) is 2. The van der Waals surface area contributed by atoms with Gasteiger partial charge < -0.3 is 19.2 Å². The number of rotatable bonds is 8. The molecule has 0 saturated heterocycles. The number of hydrogen-bond donors (Lipinski definition) is 1. The minimum Gasteiger partial charge on any atom is -0.451 e. The molecule has 0 aliphatic rings. The molecule has 0 aliphatic carbocycles. The van der Waals surface area contributed by atoms with E-state index in [-0.39, 0.29) is 17.2 Å². The summed E-state index contributed by atoms with van der Waals surface area (Å²) in [5, 5.41) is 12.0. The van der Waals surface area contributed by atoms with Crippen molar-refractivity contribution in [2.75, 3.05) is 6.54 Å². The molecule has 0 fully saturated rings. The Hall–Kier alpha value is -3.34. The highest BCUT2D eigenvalue weighted by Crippen LogP contribution is 2.25. The van der Waals surface area contributed by atoms with E-state index >= 15 is 0 Å². The minimum atomic E-state index is -3.00. The summed E-state index contributed by atoms with van der Waals surface area (Å²) in [7, 11) is 0. The number of halogens is 2. The van der Waals surface area contributed by atoms with Crippen LogP contribution in [0.5, 0.6) is 5.75 Å². The van der Waals surface area contributed by atoms with E-state index < -0.39 is 31.1 Å². The third-order valence-corrected chi connectivity index (χ3v) is 4.40. The Bertz CT molecular complexity index is 978. The number of carbonyl (C=O) groups is 2. The second-order valence-electron chi connectivity index (χ2n) is 5.64. The third-order valence-electron chi connectivity index (χ3n) is 3.54. The molecule has 8 nitrogen and oxygen atoms in total. The summed E-state index contributed by atoms with van der Waals surface area (Å²) in [6.07, 6.45) is -0.816. The Morgan fingerprint density at radius 1 is 1.24 bits per heavy atom. The molecule has 2 heterocycles. The summed E-state index contributed by atoms with van der Waals surface area (Å²) in [5.74, 6) is -1.11. The highest BCUT2D eigenvalue weighted by atomic mass is 32.1. The van der Waals surface area contributed by atoms with Crippen molar-refractivity contribution in [1.82, 2.24) is 15.5 Å². The second-order valence-corrected chi connectivity index (χ2v) is 6.59. The monoisotopic (exact) mass is 423 g/mol. The Kier molecular flexibility index (Phi) is 6.50. The number of thiophene rings is 1. The van der Waals surface area contributed by atoms with Crippen LogP contribution in [0.25, 0.3) is 10.8 Å². The molecule has 0 saturated carbocycles. The fourth-order valence-electron chi connectivity index (χ4n) is 2.26. The standard InChI is InChI=1S/C18H15F2N3O5S/c1-10(16-22-23-17(28-16)13-6-3-7-29-13)26-14(24)9-21-15(25)11-4-2-5-12(8-11)27-18(19)20/h2-8,10,18H,9H2,1H3,(H,21,25)/t10-/m0/s1. The van der Waals surface area contributed by atoms with E-state index in [0.717, 1.165) is 10.9 Å². The van der Waals surface area contributed by atoms with Crippen LogP contribution in [0.15, 0.2) is 46.2 Å². The van der Waals surface area contributed by atoms with Gasteiger partial charge in [0.2, 0.25) is 0 Å². The van der Waals surface area contributed by atoms with Crippen LogP contribution in [-0.2, 0) is 9.53 Å². The van der Waals surface area contributed by atoms with Gasteiger partial charge in [0.25, 0.3) is 17.7 Å². The van der Waals surface area contributed by atoms with Crippen LogP contribution in [0.3, 0.4) is 0 Å². The van der Waals surface area contributed by atoms with Gasteiger partial charge in [0, 0.05) is 5.56 Å². The Labute approximate surface area is 167 Å². The number of hydrogen-bond acceptors (Lipinski definition) is 8. The molecule has 0 bridgehead atoms. The van der Waals surface area contributed by atoms with E-state index in [2.05, 4.69) is 20.3 Å². The van der Waals surface area contributed by atoms with Crippen molar-refractivity contribution in [2.24, 2.45) is 0 Å². The summed E-state index contributed by atoms with van der Waals surface area (Å²) >= 11 is 1.43. The van der Waals surface area contributed by atoms with Gasteiger partial charge >= 0.3 is 12.6 Å². The molecule has 0 radical (unpaired) electrons. The zero-order valence-corrected chi connectivity index (χ0v) is 15.8. The summed E-state index contributed by atoms with van der Waals surface area (Å²) < 4.78 is 39.4. The Morgan fingerprint density at radius 3 is 2.79 bits per heavy atom. The maximum Gasteiger partial charge on any atom is 0.387 e. The first-order chi connectivity index (χ1) is 13.9. The van der Waals surface area contributed by atoms with Crippen molar-refractivity contribution < 1.29 is 32.3 Å². The van der Waals surface area contributed by atoms with Gasteiger partial charge in [-0.15, -0.1) is 21.5 Å². The number of carbonyl (C=O) groups excluding carboxylic acids is 2. The fraction of sp³-hybridized carbons (Fsp3) is 0.222. The van der Waals surface area contributed by atoms with Crippen LogP contribution in [0.4, 0.5) is 8.78 Å². The molecule has 3 aromatic rings. The number of aromatic nitrogens is 2.